The molecule has 1 aromatic rings. The molecular formula is C11H16ClN. The first-order chi connectivity index (χ1) is 6.15. The Morgan fingerprint density at radius 2 is 2.15 bits per heavy atom. The summed E-state index contributed by atoms with van der Waals surface area (Å²) in [4.78, 5) is 4.48. The number of pyridine rings is 1. The van der Waals surface area contributed by atoms with Crippen LogP contribution >= 0.6 is 11.6 Å². The van der Waals surface area contributed by atoms with Gasteiger partial charge in [-0.3, -0.25) is 4.98 Å². The minimum absolute atomic E-state index is 0.152. The number of aromatic nitrogens is 1. The maximum Gasteiger partial charge on any atom is 0.0452 e. The fourth-order valence-electron chi connectivity index (χ4n) is 1.54. The molecule has 1 heterocycles. The number of hydrogen-bond acceptors (Lipinski definition) is 1. The smallest absolute Gasteiger partial charge is 0.0452 e. The molecule has 0 fully saturated rings. The van der Waals surface area contributed by atoms with Crippen molar-refractivity contribution in [1.29, 1.82) is 0 Å². The minimum atomic E-state index is 0.152. The molecule has 0 saturated heterocycles. The summed E-state index contributed by atoms with van der Waals surface area (Å²) in [5.41, 5.74) is 2.18. The normalized spacial score (nSPS) is 15.4. The van der Waals surface area contributed by atoms with E-state index in [1.807, 2.05) is 26.0 Å². The SMILES string of the molecule is CCC(c1cccc(C)n1)C(C)Cl. The standard InChI is InChI=1S/C11H16ClN/c1-4-10(9(3)12)11-7-5-6-8(2)13-11/h5-7,9-10H,4H2,1-3H3. The second-order valence-electron chi connectivity index (χ2n) is 3.40. The first-order valence-corrected chi connectivity index (χ1v) is 5.16. The van der Waals surface area contributed by atoms with Gasteiger partial charge in [-0.05, 0) is 32.4 Å². The van der Waals surface area contributed by atoms with Crippen molar-refractivity contribution in [3.8, 4) is 0 Å². The van der Waals surface area contributed by atoms with Crippen LogP contribution < -0.4 is 0 Å². The average molecular weight is 198 g/mol. The summed E-state index contributed by atoms with van der Waals surface area (Å²) in [6, 6.07) is 6.11. The third-order valence-corrected chi connectivity index (χ3v) is 2.59. The van der Waals surface area contributed by atoms with Crippen molar-refractivity contribution in [2.45, 2.75) is 38.5 Å². The topological polar surface area (TPSA) is 12.9 Å². The van der Waals surface area contributed by atoms with Crippen LogP contribution in [0.15, 0.2) is 18.2 Å². The molecule has 2 heteroatoms. The maximum absolute atomic E-state index is 6.09. The van der Waals surface area contributed by atoms with Gasteiger partial charge in [-0.1, -0.05) is 13.0 Å². The Morgan fingerprint density at radius 3 is 2.62 bits per heavy atom. The highest BCUT2D eigenvalue weighted by Crippen LogP contribution is 2.25. The zero-order chi connectivity index (χ0) is 9.84. The molecule has 72 valence electrons. The van der Waals surface area contributed by atoms with Crippen molar-refractivity contribution >= 4 is 11.6 Å². The van der Waals surface area contributed by atoms with Crippen molar-refractivity contribution in [3.63, 3.8) is 0 Å². The van der Waals surface area contributed by atoms with Gasteiger partial charge in [0.15, 0.2) is 0 Å². The van der Waals surface area contributed by atoms with Gasteiger partial charge >= 0.3 is 0 Å². The number of alkyl halides is 1. The van der Waals surface area contributed by atoms with Crippen LogP contribution in [0.3, 0.4) is 0 Å². The minimum Gasteiger partial charge on any atom is -0.258 e. The third kappa shape index (κ3) is 2.70. The molecule has 0 aliphatic heterocycles. The fraction of sp³-hybridized carbons (Fsp3) is 0.545. The number of hydrogen-bond donors (Lipinski definition) is 0. The highest BCUT2D eigenvalue weighted by Gasteiger charge is 2.16. The molecule has 0 spiro atoms. The Labute approximate surface area is 85.1 Å². The molecule has 1 aromatic heterocycles. The molecule has 13 heavy (non-hydrogen) atoms. The molecule has 0 aliphatic rings. The second kappa shape index (κ2) is 4.61. The Balaban J connectivity index is 2.91. The average Bonchev–Trinajstić information content (AvgIpc) is 2.04. The molecular weight excluding hydrogens is 182 g/mol. The van der Waals surface area contributed by atoms with Gasteiger partial charge < -0.3 is 0 Å². The lowest BCUT2D eigenvalue weighted by atomic mass is 9.98. The number of rotatable bonds is 3. The van der Waals surface area contributed by atoms with E-state index in [-0.39, 0.29) is 5.38 Å². The monoisotopic (exact) mass is 197 g/mol. The van der Waals surface area contributed by atoms with Crippen molar-refractivity contribution in [2.24, 2.45) is 0 Å². The summed E-state index contributed by atoms with van der Waals surface area (Å²) in [7, 11) is 0. The van der Waals surface area contributed by atoms with E-state index in [0.717, 1.165) is 17.8 Å². The summed E-state index contributed by atoms with van der Waals surface area (Å²) < 4.78 is 0. The van der Waals surface area contributed by atoms with Crippen molar-refractivity contribution in [2.75, 3.05) is 0 Å². The fourth-order valence-corrected chi connectivity index (χ4v) is 1.85. The van der Waals surface area contributed by atoms with E-state index in [9.17, 15) is 0 Å². The summed E-state index contributed by atoms with van der Waals surface area (Å²) in [5, 5.41) is 0.152. The van der Waals surface area contributed by atoms with E-state index >= 15 is 0 Å². The van der Waals surface area contributed by atoms with E-state index in [4.69, 9.17) is 11.6 Å². The molecule has 0 saturated carbocycles. The van der Waals surface area contributed by atoms with E-state index < -0.39 is 0 Å². The van der Waals surface area contributed by atoms with Gasteiger partial charge in [0.25, 0.3) is 0 Å². The van der Waals surface area contributed by atoms with Crippen molar-refractivity contribution in [3.05, 3.63) is 29.6 Å². The molecule has 1 rings (SSSR count). The van der Waals surface area contributed by atoms with Crippen LogP contribution in [-0.4, -0.2) is 10.4 Å². The Kier molecular flexibility index (Phi) is 3.73. The van der Waals surface area contributed by atoms with E-state index in [2.05, 4.69) is 18.0 Å². The largest absolute Gasteiger partial charge is 0.258 e. The first kappa shape index (κ1) is 10.5. The molecule has 2 unspecified atom stereocenters. The third-order valence-electron chi connectivity index (χ3n) is 2.28. The summed E-state index contributed by atoms with van der Waals surface area (Å²) in [5.74, 6) is 0.376. The quantitative estimate of drug-likeness (QED) is 0.676. The van der Waals surface area contributed by atoms with Crippen LogP contribution in [0.1, 0.15) is 37.6 Å². The van der Waals surface area contributed by atoms with Crippen LogP contribution in [0.4, 0.5) is 0 Å². The molecule has 0 radical (unpaired) electrons. The number of aryl methyl sites for hydroxylation is 1. The molecule has 0 N–H and O–H groups in total. The molecule has 1 nitrogen and oxygen atoms in total. The van der Waals surface area contributed by atoms with Gasteiger partial charge in [-0.2, -0.15) is 0 Å². The van der Waals surface area contributed by atoms with E-state index in [1.165, 1.54) is 0 Å². The molecule has 2 atom stereocenters. The predicted molar refractivity (Wildman–Crippen MR) is 57.3 cm³/mol. The Hall–Kier alpha value is -0.560. The van der Waals surface area contributed by atoms with Crippen molar-refractivity contribution in [1.82, 2.24) is 4.98 Å². The van der Waals surface area contributed by atoms with E-state index in [1.54, 1.807) is 0 Å². The Bertz CT molecular complexity index is 271. The van der Waals surface area contributed by atoms with Gasteiger partial charge in [-0.15, -0.1) is 11.6 Å². The lowest BCUT2D eigenvalue weighted by Gasteiger charge is -2.16. The van der Waals surface area contributed by atoms with Crippen LogP contribution in [0, 0.1) is 6.92 Å². The molecule has 0 aromatic carbocycles. The maximum atomic E-state index is 6.09. The van der Waals surface area contributed by atoms with Gasteiger partial charge in [0.05, 0.1) is 0 Å². The van der Waals surface area contributed by atoms with Crippen LogP contribution in [0.2, 0.25) is 0 Å². The number of halogens is 1. The predicted octanol–water partition coefficient (Wildman–Crippen LogP) is 3.51. The zero-order valence-electron chi connectivity index (χ0n) is 8.42. The molecule has 0 aliphatic carbocycles. The van der Waals surface area contributed by atoms with Crippen LogP contribution in [0.5, 0.6) is 0 Å². The molecule has 0 bridgehead atoms. The van der Waals surface area contributed by atoms with Gasteiger partial charge in [0.1, 0.15) is 0 Å². The van der Waals surface area contributed by atoms with E-state index in [0.29, 0.717) is 5.92 Å². The highest BCUT2D eigenvalue weighted by atomic mass is 35.5. The van der Waals surface area contributed by atoms with Crippen LogP contribution in [0.25, 0.3) is 0 Å². The van der Waals surface area contributed by atoms with Crippen molar-refractivity contribution < 1.29 is 0 Å². The first-order valence-electron chi connectivity index (χ1n) is 4.72. The highest BCUT2D eigenvalue weighted by molar-refractivity contribution is 6.20. The van der Waals surface area contributed by atoms with Gasteiger partial charge in [-0.25, -0.2) is 0 Å². The second-order valence-corrected chi connectivity index (χ2v) is 4.08. The van der Waals surface area contributed by atoms with Gasteiger partial charge in [0, 0.05) is 22.7 Å². The molecule has 0 amide bonds. The lowest BCUT2D eigenvalue weighted by Crippen LogP contribution is -2.10. The van der Waals surface area contributed by atoms with Crippen LogP contribution in [-0.2, 0) is 0 Å². The zero-order valence-corrected chi connectivity index (χ0v) is 9.17. The summed E-state index contributed by atoms with van der Waals surface area (Å²) >= 11 is 6.09. The lowest BCUT2D eigenvalue weighted by molar-refractivity contribution is 0.628. The Morgan fingerprint density at radius 1 is 1.46 bits per heavy atom. The summed E-state index contributed by atoms with van der Waals surface area (Å²) in [6.07, 6.45) is 1.04. The summed E-state index contributed by atoms with van der Waals surface area (Å²) in [6.45, 7) is 6.18. The number of nitrogens with zero attached hydrogens (tertiary/aromatic N) is 1. The van der Waals surface area contributed by atoms with Gasteiger partial charge in [0.2, 0.25) is 0 Å².